The lowest BCUT2D eigenvalue weighted by molar-refractivity contribution is 0.827. The number of benzene rings is 1. The van der Waals surface area contributed by atoms with Crippen molar-refractivity contribution in [2.24, 2.45) is 0 Å². The van der Waals surface area contributed by atoms with Crippen molar-refractivity contribution in [1.82, 2.24) is 0 Å². The summed E-state index contributed by atoms with van der Waals surface area (Å²) in [5, 5.41) is 0.154. The number of rotatable bonds is 1. The fourth-order valence-corrected chi connectivity index (χ4v) is 1.78. The van der Waals surface area contributed by atoms with Gasteiger partial charge in [0.15, 0.2) is 0 Å². The summed E-state index contributed by atoms with van der Waals surface area (Å²) in [6.45, 7) is 2.02. The van der Waals surface area contributed by atoms with E-state index in [2.05, 4.69) is 24.3 Å². The first-order valence-electron chi connectivity index (χ1n) is 4.12. The molecule has 0 amide bonds. The topological polar surface area (TPSA) is 0 Å². The largest absolute Gasteiger partial charge is 0.122 e. The summed E-state index contributed by atoms with van der Waals surface area (Å²) in [5.41, 5.74) is 2.50. The predicted molar refractivity (Wildman–Crippen MR) is 51.4 cm³/mol. The Hall–Kier alpha value is -0.750. The monoisotopic (exact) mass is 177 g/mol. The van der Waals surface area contributed by atoms with Gasteiger partial charge in [-0.05, 0) is 24.1 Å². The lowest BCUT2D eigenvalue weighted by Crippen LogP contribution is -2.04. The number of halogens is 1. The molecule has 0 fully saturated rings. The van der Waals surface area contributed by atoms with Crippen LogP contribution in [-0.2, 0) is 0 Å². The molecule has 1 radical (unpaired) electrons. The van der Waals surface area contributed by atoms with Gasteiger partial charge in [-0.25, -0.2) is 0 Å². The summed E-state index contributed by atoms with van der Waals surface area (Å²) in [7, 11) is 0. The van der Waals surface area contributed by atoms with E-state index in [0.29, 0.717) is 5.92 Å². The van der Waals surface area contributed by atoms with Gasteiger partial charge in [-0.1, -0.05) is 30.3 Å². The van der Waals surface area contributed by atoms with E-state index >= 15 is 0 Å². The lowest BCUT2D eigenvalue weighted by Gasteiger charge is -2.12. The highest BCUT2D eigenvalue weighted by Gasteiger charge is 2.20. The first-order chi connectivity index (χ1) is 5.79. The molecule has 0 aliphatic heterocycles. The Morgan fingerprint density at radius 2 is 2.17 bits per heavy atom. The summed E-state index contributed by atoms with van der Waals surface area (Å²) in [6.07, 6.45) is 5.28. The van der Waals surface area contributed by atoms with Crippen LogP contribution in [0.5, 0.6) is 0 Å². The molecule has 1 aliphatic carbocycles. The van der Waals surface area contributed by atoms with Crippen molar-refractivity contribution in [3.05, 3.63) is 47.5 Å². The zero-order valence-corrected chi connectivity index (χ0v) is 7.68. The van der Waals surface area contributed by atoms with Gasteiger partial charge in [-0.2, -0.15) is 0 Å². The molecule has 0 aromatic heterocycles. The average Bonchev–Trinajstić information content (AvgIpc) is 2.47. The standard InChI is InChI=1S/C11H10Cl/c1-8(12)10-7-6-9-4-2-3-5-11(9)10/h2-5,7-8,10H,1H3. The van der Waals surface area contributed by atoms with Gasteiger partial charge in [-0.15, -0.1) is 11.6 Å². The number of fused-ring (bicyclic) bond motifs is 1. The van der Waals surface area contributed by atoms with Crippen LogP contribution in [0.2, 0.25) is 0 Å². The maximum atomic E-state index is 6.04. The zero-order valence-electron chi connectivity index (χ0n) is 6.92. The zero-order chi connectivity index (χ0) is 8.55. The number of hydrogen-bond acceptors (Lipinski definition) is 0. The summed E-state index contributed by atoms with van der Waals surface area (Å²) in [5.74, 6) is 0.350. The van der Waals surface area contributed by atoms with Crippen LogP contribution in [0.25, 0.3) is 0 Å². The minimum atomic E-state index is 0.154. The minimum Gasteiger partial charge on any atom is -0.122 e. The van der Waals surface area contributed by atoms with Gasteiger partial charge in [0, 0.05) is 11.3 Å². The van der Waals surface area contributed by atoms with Crippen LogP contribution in [-0.4, -0.2) is 5.38 Å². The van der Waals surface area contributed by atoms with Crippen molar-refractivity contribution >= 4 is 11.6 Å². The molecule has 0 saturated heterocycles. The molecular formula is C11H10Cl. The molecule has 0 spiro atoms. The molecule has 0 heterocycles. The SMILES string of the molecule is CC(Cl)C1C=[C]c2ccccc21. The van der Waals surface area contributed by atoms with E-state index in [-0.39, 0.29) is 5.38 Å². The molecule has 0 saturated carbocycles. The first-order valence-corrected chi connectivity index (χ1v) is 4.55. The summed E-state index contributed by atoms with van der Waals surface area (Å²) < 4.78 is 0. The van der Waals surface area contributed by atoms with E-state index in [4.69, 9.17) is 11.6 Å². The Morgan fingerprint density at radius 3 is 2.92 bits per heavy atom. The number of alkyl halides is 1. The van der Waals surface area contributed by atoms with Crippen molar-refractivity contribution in [3.8, 4) is 0 Å². The third-order valence-electron chi connectivity index (χ3n) is 2.23. The second-order valence-electron chi connectivity index (χ2n) is 3.10. The third-order valence-corrected chi connectivity index (χ3v) is 2.50. The number of allylic oxidation sites excluding steroid dienone is 1. The quantitative estimate of drug-likeness (QED) is 0.579. The molecule has 0 nitrogen and oxygen atoms in total. The molecule has 1 aliphatic rings. The van der Waals surface area contributed by atoms with E-state index in [9.17, 15) is 0 Å². The highest BCUT2D eigenvalue weighted by Crippen LogP contribution is 2.32. The van der Waals surface area contributed by atoms with Gasteiger partial charge in [0.2, 0.25) is 0 Å². The van der Waals surface area contributed by atoms with Gasteiger partial charge < -0.3 is 0 Å². The Bertz CT molecular complexity index is 313. The maximum absolute atomic E-state index is 6.04. The minimum absolute atomic E-state index is 0.154. The molecule has 1 aromatic carbocycles. The fourth-order valence-electron chi connectivity index (χ4n) is 1.57. The van der Waals surface area contributed by atoms with E-state index in [0.717, 1.165) is 0 Å². The molecule has 1 aromatic rings. The van der Waals surface area contributed by atoms with Crippen LogP contribution >= 0.6 is 11.6 Å². The Labute approximate surface area is 77.9 Å². The second-order valence-corrected chi connectivity index (χ2v) is 3.79. The van der Waals surface area contributed by atoms with Crippen LogP contribution in [0, 0.1) is 6.08 Å². The Balaban J connectivity index is 2.42. The molecule has 2 unspecified atom stereocenters. The first kappa shape index (κ1) is 7.88. The van der Waals surface area contributed by atoms with Crippen molar-refractivity contribution in [2.45, 2.75) is 18.2 Å². The number of hydrogen-bond donors (Lipinski definition) is 0. The molecule has 0 bridgehead atoms. The van der Waals surface area contributed by atoms with E-state index in [1.807, 2.05) is 19.1 Å². The van der Waals surface area contributed by atoms with Crippen molar-refractivity contribution < 1.29 is 0 Å². The molecular weight excluding hydrogens is 168 g/mol. The van der Waals surface area contributed by atoms with Crippen LogP contribution < -0.4 is 0 Å². The smallest absolute Gasteiger partial charge is 0.0411 e. The molecule has 2 atom stereocenters. The molecule has 1 heteroatoms. The van der Waals surface area contributed by atoms with E-state index < -0.39 is 0 Å². The van der Waals surface area contributed by atoms with Crippen LogP contribution in [0.1, 0.15) is 24.0 Å². The third kappa shape index (κ3) is 1.16. The van der Waals surface area contributed by atoms with Gasteiger partial charge in [-0.3, -0.25) is 0 Å². The van der Waals surface area contributed by atoms with Crippen LogP contribution in [0.4, 0.5) is 0 Å². The average molecular weight is 178 g/mol. The van der Waals surface area contributed by atoms with Crippen LogP contribution in [0.15, 0.2) is 30.3 Å². The van der Waals surface area contributed by atoms with Gasteiger partial charge in [0.25, 0.3) is 0 Å². The Kier molecular flexibility index (Phi) is 1.93. The van der Waals surface area contributed by atoms with Gasteiger partial charge in [0.05, 0.1) is 0 Å². The van der Waals surface area contributed by atoms with Crippen molar-refractivity contribution in [3.63, 3.8) is 0 Å². The molecule has 0 N–H and O–H groups in total. The van der Waals surface area contributed by atoms with E-state index in [1.165, 1.54) is 11.1 Å². The molecule has 2 rings (SSSR count). The highest BCUT2D eigenvalue weighted by atomic mass is 35.5. The van der Waals surface area contributed by atoms with Crippen molar-refractivity contribution in [1.29, 1.82) is 0 Å². The van der Waals surface area contributed by atoms with E-state index in [1.54, 1.807) is 0 Å². The normalized spacial score (nSPS) is 22.3. The maximum Gasteiger partial charge on any atom is 0.0411 e. The highest BCUT2D eigenvalue weighted by molar-refractivity contribution is 6.21. The lowest BCUT2D eigenvalue weighted by atomic mass is 9.98. The molecule has 61 valence electrons. The summed E-state index contributed by atoms with van der Waals surface area (Å²) in [6, 6.07) is 8.27. The fraction of sp³-hybridized carbons (Fsp3) is 0.273. The molecule has 12 heavy (non-hydrogen) atoms. The summed E-state index contributed by atoms with van der Waals surface area (Å²) in [4.78, 5) is 0. The van der Waals surface area contributed by atoms with Crippen LogP contribution in [0.3, 0.4) is 0 Å². The second kappa shape index (κ2) is 2.95. The Morgan fingerprint density at radius 1 is 1.42 bits per heavy atom. The van der Waals surface area contributed by atoms with Gasteiger partial charge >= 0.3 is 0 Å². The predicted octanol–water partition coefficient (Wildman–Crippen LogP) is 3.12. The van der Waals surface area contributed by atoms with Gasteiger partial charge in [0.1, 0.15) is 0 Å². The van der Waals surface area contributed by atoms with Crippen molar-refractivity contribution in [2.75, 3.05) is 0 Å². The summed E-state index contributed by atoms with van der Waals surface area (Å²) >= 11 is 6.04.